The second-order valence-electron chi connectivity index (χ2n) is 5.95. The quantitative estimate of drug-likeness (QED) is 0.365. The second kappa shape index (κ2) is 7.14. The molecule has 24 heavy (non-hydrogen) atoms. The van der Waals surface area contributed by atoms with Crippen LogP contribution < -0.4 is 10.6 Å². The number of pyridine rings is 1. The zero-order valence-electron chi connectivity index (χ0n) is 13.3. The van der Waals surface area contributed by atoms with Crippen LogP contribution in [0.1, 0.15) is 12.8 Å². The number of benzene rings is 1. The summed E-state index contributed by atoms with van der Waals surface area (Å²) in [6.07, 6.45) is 6.73. The normalized spacial score (nSPS) is 16.9. The summed E-state index contributed by atoms with van der Waals surface area (Å²) in [6, 6.07) is 6.96. The summed E-state index contributed by atoms with van der Waals surface area (Å²) in [4.78, 5) is 6.38. The van der Waals surface area contributed by atoms with Crippen LogP contribution in [-0.4, -0.2) is 44.3 Å². The number of likely N-dealkylation sites (tertiary alicyclic amines) is 1. The Morgan fingerprint density at radius 1 is 1.33 bits per heavy atom. The maximum Gasteiger partial charge on any atom is 0.241 e. The molecule has 1 aromatic carbocycles. The van der Waals surface area contributed by atoms with Crippen LogP contribution in [0.4, 0.5) is 0 Å². The Morgan fingerprint density at radius 3 is 2.88 bits per heavy atom. The van der Waals surface area contributed by atoms with Crippen molar-refractivity contribution in [2.24, 2.45) is 16.9 Å². The minimum absolute atomic E-state index is 0.301. The van der Waals surface area contributed by atoms with E-state index in [1.807, 2.05) is 11.0 Å². The molecule has 2 aromatic rings. The summed E-state index contributed by atoms with van der Waals surface area (Å²) in [5.41, 5.74) is 0. The van der Waals surface area contributed by atoms with Gasteiger partial charge in [0.2, 0.25) is 10.0 Å². The molecule has 1 aliphatic heterocycles. The van der Waals surface area contributed by atoms with Crippen LogP contribution >= 0.6 is 0 Å². The molecule has 3 rings (SSSR count). The third-order valence-electron chi connectivity index (χ3n) is 4.37. The van der Waals surface area contributed by atoms with Gasteiger partial charge in [0.25, 0.3) is 0 Å². The molecule has 2 heterocycles. The molecular weight excluding hydrogens is 326 g/mol. The van der Waals surface area contributed by atoms with Crippen LogP contribution in [0.25, 0.3) is 10.8 Å². The molecule has 1 aliphatic rings. The van der Waals surface area contributed by atoms with E-state index in [1.54, 1.807) is 36.9 Å². The van der Waals surface area contributed by atoms with Gasteiger partial charge in [-0.2, -0.15) is 5.10 Å². The van der Waals surface area contributed by atoms with Crippen molar-refractivity contribution in [3.05, 3.63) is 36.7 Å². The van der Waals surface area contributed by atoms with Crippen molar-refractivity contribution in [2.75, 3.05) is 19.6 Å². The standard InChI is InChI=1S/C16H21N5O2S/c17-19-12-21-8-5-13(6-9-21)10-20-24(22,23)16-3-1-2-14-11-18-7-4-15(14)16/h1-4,7,11-13,20H,5-6,8-10,17H2. The number of hydrazone groups is 1. The summed E-state index contributed by atoms with van der Waals surface area (Å²) in [7, 11) is -3.55. The lowest BCUT2D eigenvalue weighted by Gasteiger charge is -2.30. The zero-order chi connectivity index (χ0) is 17.0. The molecule has 1 fully saturated rings. The zero-order valence-corrected chi connectivity index (χ0v) is 14.1. The van der Waals surface area contributed by atoms with Crippen LogP contribution in [-0.2, 0) is 10.0 Å². The number of aromatic nitrogens is 1. The van der Waals surface area contributed by atoms with E-state index in [2.05, 4.69) is 14.8 Å². The molecule has 0 atom stereocenters. The highest BCUT2D eigenvalue weighted by Gasteiger charge is 2.22. The molecule has 1 aromatic heterocycles. The highest BCUT2D eigenvalue weighted by molar-refractivity contribution is 7.89. The number of nitrogens with one attached hydrogen (secondary N) is 1. The van der Waals surface area contributed by atoms with Gasteiger partial charge in [0.05, 0.1) is 4.90 Å². The predicted octanol–water partition coefficient (Wildman–Crippen LogP) is 1.13. The molecule has 7 nitrogen and oxygen atoms in total. The summed E-state index contributed by atoms with van der Waals surface area (Å²) < 4.78 is 28.1. The number of nitrogens with two attached hydrogens (primary N) is 1. The number of hydrogen-bond acceptors (Lipinski definition) is 5. The molecule has 128 valence electrons. The van der Waals surface area contributed by atoms with Crippen molar-refractivity contribution in [2.45, 2.75) is 17.7 Å². The number of piperidine rings is 1. The van der Waals surface area contributed by atoms with Crippen molar-refractivity contribution in [1.29, 1.82) is 0 Å². The number of sulfonamides is 1. The fourth-order valence-electron chi connectivity index (χ4n) is 3.00. The van der Waals surface area contributed by atoms with E-state index in [0.29, 0.717) is 22.7 Å². The third kappa shape index (κ3) is 3.65. The van der Waals surface area contributed by atoms with Gasteiger partial charge in [-0.1, -0.05) is 12.1 Å². The molecule has 0 spiro atoms. The Hall–Kier alpha value is -2.19. The molecule has 0 unspecified atom stereocenters. The molecular formula is C16H21N5O2S. The van der Waals surface area contributed by atoms with Gasteiger partial charge in [-0.15, -0.1) is 0 Å². The second-order valence-corrected chi connectivity index (χ2v) is 7.68. The molecule has 3 N–H and O–H groups in total. The van der Waals surface area contributed by atoms with Gasteiger partial charge in [-0.3, -0.25) is 4.98 Å². The van der Waals surface area contributed by atoms with Crippen molar-refractivity contribution in [3.8, 4) is 0 Å². The van der Waals surface area contributed by atoms with Gasteiger partial charge in [-0.25, -0.2) is 13.1 Å². The monoisotopic (exact) mass is 347 g/mol. The highest BCUT2D eigenvalue weighted by Crippen LogP contribution is 2.22. The average Bonchev–Trinajstić information content (AvgIpc) is 2.61. The van der Waals surface area contributed by atoms with E-state index < -0.39 is 10.0 Å². The van der Waals surface area contributed by atoms with Crippen LogP contribution in [0.3, 0.4) is 0 Å². The molecule has 1 saturated heterocycles. The Morgan fingerprint density at radius 2 is 2.12 bits per heavy atom. The molecule has 0 saturated carbocycles. The SMILES string of the molecule is NN=CN1CCC(CNS(=O)(=O)c2cccc3cnccc23)CC1. The molecule has 8 heteroatoms. The van der Waals surface area contributed by atoms with Gasteiger partial charge in [0.1, 0.15) is 6.34 Å². The van der Waals surface area contributed by atoms with Gasteiger partial charge in [0, 0.05) is 42.8 Å². The van der Waals surface area contributed by atoms with Crippen LogP contribution in [0.2, 0.25) is 0 Å². The van der Waals surface area contributed by atoms with Crippen molar-refractivity contribution in [3.63, 3.8) is 0 Å². The summed E-state index contributed by atoms with van der Waals surface area (Å²) in [5.74, 6) is 5.47. The fourth-order valence-corrected chi connectivity index (χ4v) is 4.34. The number of rotatable bonds is 5. The van der Waals surface area contributed by atoms with Crippen LogP contribution in [0.5, 0.6) is 0 Å². The van der Waals surface area contributed by atoms with Crippen LogP contribution in [0, 0.1) is 5.92 Å². The van der Waals surface area contributed by atoms with Crippen molar-refractivity contribution < 1.29 is 8.42 Å². The number of nitrogens with zero attached hydrogens (tertiary/aromatic N) is 3. The lowest BCUT2D eigenvalue weighted by atomic mass is 9.98. The Kier molecular flexibility index (Phi) is 4.96. The lowest BCUT2D eigenvalue weighted by Crippen LogP contribution is -2.38. The van der Waals surface area contributed by atoms with E-state index in [4.69, 9.17) is 5.84 Å². The van der Waals surface area contributed by atoms with Gasteiger partial charge < -0.3 is 10.7 Å². The largest absolute Gasteiger partial charge is 0.361 e. The minimum Gasteiger partial charge on any atom is -0.361 e. The topological polar surface area (TPSA) is 101 Å². The molecule has 0 bridgehead atoms. The lowest BCUT2D eigenvalue weighted by molar-refractivity contribution is 0.272. The molecule has 0 amide bonds. The Labute approximate surface area is 141 Å². The first-order valence-electron chi connectivity index (χ1n) is 7.90. The van der Waals surface area contributed by atoms with Crippen molar-refractivity contribution in [1.82, 2.24) is 14.6 Å². The van der Waals surface area contributed by atoms with Crippen LogP contribution in [0.15, 0.2) is 46.7 Å². The number of fused-ring (bicyclic) bond motifs is 1. The fraction of sp³-hybridized carbons (Fsp3) is 0.375. The predicted molar refractivity (Wildman–Crippen MR) is 93.9 cm³/mol. The van der Waals surface area contributed by atoms with Gasteiger partial charge in [0.15, 0.2) is 0 Å². The smallest absolute Gasteiger partial charge is 0.241 e. The first kappa shape index (κ1) is 16.7. The Bertz CT molecular complexity index is 824. The molecule has 0 aliphatic carbocycles. The van der Waals surface area contributed by atoms with E-state index in [9.17, 15) is 8.42 Å². The first-order chi connectivity index (χ1) is 11.6. The Balaban J connectivity index is 1.68. The summed E-state index contributed by atoms with van der Waals surface area (Å²) in [5, 5.41) is 5.03. The van der Waals surface area contributed by atoms with E-state index >= 15 is 0 Å². The summed E-state index contributed by atoms with van der Waals surface area (Å²) in [6.45, 7) is 2.12. The highest BCUT2D eigenvalue weighted by atomic mass is 32.2. The van der Waals surface area contributed by atoms with Gasteiger partial charge in [-0.05, 0) is 30.9 Å². The van der Waals surface area contributed by atoms with E-state index in [-0.39, 0.29) is 0 Å². The maximum absolute atomic E-state index is 12.7. The molecule has 0 radical (unpaired) electrons. The third-order valence-corrected chi connectivity index (χ3v) is 5.85. The maximum atomic E-state index is 12.7. The summed E-state index contributed by atoms with van der Waals surface area (Å²) >= 11 is 0. The van der Waals surface area contributed by atoms with Crippen molar-refractivity contribution >= 4 is 27.1 Å². The minimum atomic E-state index is -3.55. The number of hydrogen-bond donors (Lipinski definition) is 2. The van der Waals surface area contributed by atoms with Gasteiger partial charge >= 0.3 is 0 Å². The average molecular weight is 347 g/mol. The van der Waals surface area contributed by atoms with E-state index in [0.717, 1.165) is 31.3 Å². The van der Waals surface area contributed by atoms with E-state index in [1.165, 1.54) is 0 Å². The first-order valence-corrected chi connectivity index (χ1v) is 9.38.